The summed E-state index contributed by atoms with van der Waals surface area (Å²) in [7, 11) is 0. The summed E-state index contributed by atoms with van der Waals surface area (Å²) in [5.41, 5.74) is 10.9. The monoisotopic (exact) mass is 496 g/mol. The van der Waals surface area contributed by atoms with Crippen LogP contribution in [0.2, 0.25) is 0 Å². The molecule has 30 heavy (non-hydrogen) atoms. The van der Waals surface area contributed by atoms with Gasteiger partial charge in [-0.3, -0.25) is 0 Å². The van der Waals surface area contributed by atoms with Crippen LogP contribution in [0.3, 0.4) is 0 Å². The molecular formula is C26H31Cl3Ti. The number of rotatable bonds is 5. The summed E-state index contributed by atoms with van der Waals surface area (Å²) >= 11 is 0. The maximum absolute atomic E-state index is 3.79. The quantitative estimate of drug-likeness (QED) is 0.337. The molecule has 0 aromatic heterocycles. The van der Waals surface area contributed by atoms with E-state index in [0.29, 0.717) is 11.8 Å². The summed E-state index contributed by atoms with van der Waals surface area (Å²) in [5.74, 6) is 0.886. The summed E-state index contributed by atoms with van der Waals surface area (Å²) in [6.07, 6.45) is 8.37. The van der Waals surface area contributed by atoms with E-state index in [-0.39, 0.29) is 58.9 Å². The molecule has 0 bridgehead atoms. The Hall–Kier alpha value is -0.496. The van der Waals surface area contributed by atoms with Crippen molar-refractivity contribution >= 4 is 0 Å². The van der Waals surface area contributed by atoms with Crippen molar-refractivity contribution in [1.29, 1.82) is 0 Å². The molecule has 1 aliphatic rings. The Morgan fingerprint density at radius 1 is 0.767 bits per heavy atom. The molecule has 1 aliphatic carbocycles. The van der Waals surface area contributed by atoms with E-state index in [1.165, 1.54) is 50.9 Å². The van der Waals surface area contributed by atoms with Crippen molar-refractivity contribution in [3.8, 4) is 0 Å². The minimum Gasteiger partial charge on any atom is -1.00 e. The van der Waals surface area contributed by atoms with Crippen molar-refractivity contribution in [2.24, 2.45) is 5.92 Å². The first-order valence-corrected chi connectivity index (χ1v) is 9.86. The number of hydrogen-bond donors (Lipinski definition) is 0. The smallest absolute Gasteiger partial charge is 1.00 e. The van der Waals surface area contributed by atoms with Crippen molar-refractivity contribution in [3.63, 3.8) is 0 Å². The Bertz CT molecular complexity index is 792. The van der Waals surface area contributed by atoms with E-state index in [1.807, 2.05) is 0 Å². The molecule has 160 valence electrons. The van der Waals surface area contributed by atoms with Gasteiger partial charge in [0.05, 0.1) is 0 Å². The molecule has 1 atom stereocenters. The summed E-state index contributed by atoms with van der Waals surface area (Å²) < 4.78 is 0. The van der Waals surface area contributed by atoms with Gasteiger partial charge in [-0.05, 0) is 38.8 Å². The molecule has 2 aromatic rings. The minimum absolute atomic E-state index is 0. The zero-order valence-corrected chi connectivity index (χ0v) is 22.6. The average molecular weight is 498 g/mol. The molecular weight excluding hydrogens is 467 g/mol. The third-order valence-corrected chi connectivity index (χ3v) is 5.49. The van der Waals surface area contributed by atoms with Crippen LogP contribution in [0.1, 0.15) is 66.0 Å². The summed E-state index contributed by atoms with van der Waals surface area (Å²) in [6, 6.07) is 13.9. The van der Waals surface area contributed by atoms with E-state index < -0.39 is 0 Å². The van der Waals surface area contributed by atoms with Crippen molar-refractivity contribution in [3.05, 3.63) is 93.1 Å². The third-order valence-electron chi connectivity index (χ3n) is 5.49. The number of hydrogen-bond acceptors (Lipinski definition) is 0. The predicted octanol–water partition coefficient (Wildman–Crippen LogP) is -1.83. The maximum Gasteiger partial charge on any atom is 4.00 e. The molecule has 1 unspecified atom stereocenters. The van der Waals surface area contributed by atoms with Crippen molar-refractivity contribution in [1.82, 2.24) is 0 Å². The zero-order valence-electron chi connectivity index (χ0n) is 18.7. The Labute approximate surface area is 217 Å². The van der Waals surface area contributed by atoms with Crippen LogP contribution in [0.25, 0.3) is 0 Å². The second-order valence-electron chi connectivity index (χ2n) is 8.10. The van der Waals surface area contributed by atoms with Gasteiger partial charge in [0.2, 0.25) is 0 Å². The normalized spacial score (nSPS) is 13.2. The molecule has 4 heteroatoms. The van der Waals surface area contributed by atoms with E-state index >= 15 is 0 Å². The van der Waals surface area contributed by atoms with E-state index in [2.05, 4.69) is 90.1 Å². The van der Waals surface area contributed by atoms with E-state index in [1.54, 1.807) is 0 Å². The summed E-state index contributed by atoms with van der Waals surface area (Å²) in [4.78, 5) is 0. The SMILES string of the molecule is CCC(C)C1=CCC(C(c2cc(C)cc(C)c2)c2cc(C)cc(C)c2)=[C-]1.[Cl-].[Cl-].[Cl-].[Ti+4]. The molecule has 2 aromatic carbocycles. The third kappa shape index (κ3) is 7.57. The molecule has 0 radical (unpaired) electrons. The summed E-state index contributed by atoms with van der Waals surface area (Å²) in [5, 5.41) is 0. The fourth-order valence-corrected chi connectivity index (χ4v) is 4.19. The van der Waals surface area contributed by atoms with Gasteiger partial charge in [0.25, 0.3) is 0 Å². The molecule has 0 amide bonds. The first-order valence-electron chi connectivity index (χ1n) is 9.86. The van der Waals surface area contributed by atoms with Crippen LogP contribution in [0.4, 0.5) is 0 Å². The fraction of sp³-hybridized carbons (Fsp3) is 0.385. The number of halogens is 3. The van der Waals surface area contributed by atoms with Crippen molar-refractivity contribution in [2.45, 2.75) is 60.3 Å². The molecule has 0 aliphatic heterocycles. The Balaban J connectivity index is 0. The van der Waals surface area contributed by atoms with Gasteiger partial charge in [-0.2, -0.15) is 5.57 Å². The van der Waals surface area contributed by atoms with Gasteiger partial charge in [-0.25, -0.2) is 17.7 Å². The van der Waals surface area contributed by atoms with Gasteiger partial charge in [0.1, 0.15) is 0 Å². The van der Waals surface area contributed by atoms with Gasteiger partial charge in [-0.1, -0.05) is 91.3 Å². The Kier molecular flexibility index (Phi) is 14.6. The molecule has 0 heterocycles. The van der Waals surface area contributed by atoms with Gasteiger partial charge in [0, 0.05) is 5.92 Å². The number of aryl methyl sites for hydroxylation is 4. The molecule has 0 nitrogen and oxygen atoms in total. The number of allylic oxidation sites excluding steroid dienone is 4. The van der Waals surface area contributed by atoms with Crippen LogP contribution in [0, 0.1) is 39.7 Å². The Morgan fingerprint density at radius 3 is 1.53 bits per heavy atom. The molecule has 3 rings (SSSR count). The van der Waals surface area contributed by atoms with Crippen LogP contribution in [0.15, 0.2) is 53.6 Å². The van der Waals surface area contributed by atoms with Crippen LogP contribution < -0.4 is 37.2 Å². The van der Waals surface area contributed by atoms with Crippen molar-refractivity contribution < 1.29 is 58.9 Å². The van der Waals surface area contributed by atoms with E-state index in [0.717, 1.165) is 6.42 Å². The largest absolute Gasteiger partial charge is 4.00 e. The minimum atomic E-state index is 0. The van der Waals surface area contributed by atoms with Gasteiger partial charge in [0.15, 0.2) is 0 Å². The van der Waals surface area contributed by atoms with Gasteiger partial charge >= 0.3 is 21.7 Å². The molecule has 0 N–H and O–H groups in total. The topological polar surface area (TPSA) is 0 Å². The number of benzene rings is 2. The first kappa shape index (κ1) is 31.7. The standard InChI is InChI=1S/C26H31.3ClH.Ti/c1-7-21(6)22-8-9-23(16-22)26(24-12-17(2)10-18(3)13-24)25-14-19(4)11-20(5)15-25;;;;/h8,10-15,21,26H,7,9H2,1-6H3;3*1H;/q-1;;;;+4/p-3. The van der Waals surface area contributed by atoms with Crippen LogP contribution >= 0.6 is 0 Å². The average Bonchev–Trinajstić information content (AvgIpc) is 3.02. The van der Waals surface area contributed by atoms with E-state index in [4.69, 9.17) is 0 Å². The molecule has 0 saturated heterocycles. The first-order chi connectivity index (χ1) is 12.4. The van der Waals surface area contributed by atoms with Crippen LogP contribution in [-0.4, -0.2) is 0 Å². The van der Waals surface area contributed by atoms with Crippen LogP contribution in [-0.2, 0) is 21.7 Å². The van der Waals surface area contributed by atoms with Crippen LogP contribution in [0.5, 0.6) is 0 Å². The second kappa shape index (κ2) is 13.8. The maximum atomic E-state index is 3.79. The Morgan fingerprint density at radius 2 is 1.17 bits per heavy atom. The van der Waals surface area contributed by atoms with Gasteiger partial charge < -0.3 is 37.2 Å². The molecule has 0 fully saturated rings. The van der Waals surface area contributed by atoms with E-state index in [9.17, 15) is 0 Å². The molecule has 0 spiro atoms. The molecule has 0 saturated carbocycles. The van der Waals surface area contributed by atoms with Crippen molar-refractivity contribution in [2.75, 3.05) is 0 Å². The fourth-order valence-electron chi connectivity index (χ4n) is 4.19. The predicted molar refractivity (Wildman–Crippen MR) is 113 cm³/mol. The second-order valence-corrected chi connectivity index (χ2v) is 8.10. The zero-order chi connectivity index (χ0) is 18.8. The summed E-state index contributed by atoms with van der Waals surface area (Å²) in [6.45, 7) is 13.4. The van der Waals surface area contributed by atoms with Gasteiger partial charge in [-0.15, -0.1) is 0 Å².